The van der Waals surface area contributed by atoms with Crippen LogP contribution in [-0.2, 0) is 4.79 Å². The van der Waals surface area contributed by atoms with E-state index in [2.05, 4.69) is 24.1 Å². The Morgan fingerprint density at radius 2 is 1.62 bits per heavy atom. The van der Waals surface area contributed by atoms with Crippen molar-refractivity contribution in [3.05, 3.63) is 64.2 Å². The maximum absolute atomic E-state index is 12.8. The van der Waals surface area contributed by atoms with Crippen molar-refractivity contribution >= 4 is 23.0 Å². The number of nitro groups is 1. The van der Waals surface area contributed by atoms with E-state index in [1.807, 2.05) is 42.2 Å². The molecule has 7 nitrogen and oxygen atoms in total. The molecule has 3 rings (SSSR count). The van der Waals surface area contributed by atoms with Crippen molar-refractivity contribution in [2.24, 2.45) is 0 Å². The van der Waals surface area contributed by atoms with Crippen LogP contribution in [0.2, 0.25) is 0 Å². The number of benzene rings is 2. The average Bonchev–Trinajstić information content (AvgIpc) is 2.73. The van der Waals surface area contributed by atoms with Crippen LogP contribution < -0.4 is 10.2 Å². The molecule has 1 saturated heterocycles. The summed E-state index contributed by atoms with van der Waals surface area (Å²) in [6.45, 7) is 8.76. The molecule has 1 amide bonds. The molecule has 0 bridgehead atoms. The van der Waals surface area contributed by atoms with Crippen molar-refractivity contribution in [3.8, 4) is 0 Å². The lowest BCUT2D eigenvalue weighted by Gasteiger charge is -2.38. The van der Waals surface area contributed by atoms with Gasteiger partial charge in [0.15, 0.2) is 0 Å². The van der Waals surface area contributed by atoms with Gasteiger partial charge in [-0.05, 0) is 30.5 Å². The largest absolute Gasteiger partial charge is 0.363 e. The summed E-state index contributed by atoms with van der Waals surface area (Å²) in [5, 5.41) is 14.4. The SMILES string of the molecule is CC(C)c1ccccc1NC(=O)C(C)N1CCN(c2ccccc2[N+](=O)[O-])CC1. The molecule has 7 heteroatoms. The number of rotatable bonds is 6. The summed E-state index contributed by atoms with van der Waals surface area (Å²) in [5.41, 5.74) is 2.74. The average molecular weight is 396 g/mol. The molecule has 0 aromatic heterocycles. The van der Waals surface area contributed by atoms with E-state index in [0.717, 1.165) is 11.3 Å². The lowest BCUT2D eigenvalue weighted by atomic mass is 10.0. The third-order valence-corrected chi connectivity index (χ3v) is 5.50. The van der Waals surface area contributed by atoms with Gasteiger partial charge in [0.05, 0.1) is 11.0 Å². The third-order valence-electron chi connectivity index (χ3n) is 5.50. The Labute approximate surface area is 171 Å². The number of nitro benzene ring substituents is 1. The molecule has 0 spiro atoms. The number of hydrogen-bond acceptors (Lipinski definition) is 5. The van der Waals surface area contributed by atoms with E-state index in [9.17, 15) is 14.9 Å². The normalized spacial score (nSPS) is 15.9. The van der Waals surface area contributed by atoms with E-state index in [0.29, 0.717) is 37.8 Å². The molecule has 1 atom stereocenters. The highest BCUT2D eigenvalue weighted by atomic mass is 16.6. The summed E-state index contributed by atoms with van der Waals surface area (Å²) in [5.74, 6) is 0.296. The van der Waals surface area contributed by atoms with Crippen LogP contribution >= 0.6 is 0 Å². The smallest absolute Gasteiger partial charge is 0.292 e. The molecule has 1 N–H and O–H groups in total. The van der Waals surface area contributed by atoms with Gasteiger partial charge in [-0.2, -0.15) is 0 Å². The zero-order chi connectivity index (χ0) is 21.0. The first kappa shape index (κ1) is 20.8. The number of para-hydroxylation sites is 3. The Bertz CT molecular complexity index is 876. The fourth-order valence-corrected chi connectivity index (χ4v) is 3.75. The molecule has 1 heterocycles. The van der Waals surface area contributed by atoms with Crippen molar-refractivity contribution in [1.82, 2.24) is 4.90 Å². The molecule has 0 saturated carbocycles. The number of piperazine rings is 1. The predicted octanol–water partition coefficient (Wildman–Crippen LogP) is 3.87. The summed E-state index contributed by atoms with van der Waals surface area (Å²) in [6, 6.07) is 14.4. The minimum Gasteiger partial charge on any atom is -0.363 e. The Morgan fingerprint density at radius 1 is 1.00 bits per heavy atom. The first-order valence-corrected chi connectivity index (χ1v) is 10.0. The predicted molar refractivity (Wildman–Crippen MR) is 116 cm³/mol. The van der Waals surface area contributed by atoms with Gasteiger partial charge in [0.1, 0.15) is 5.69 Å². The number of anilines is 2. The van der Waals surface area contributed by atoms with Gasteiger partial charge in [-0.3, -0.25) is 19.8 Å². The maximum Gasteiger partial charge on any atom is 0.292 e. The van der Waals surface area contributed by atoms with Crippen LogP contribution in [0.4, 0.5) is 17.1 Å². The summed E-state index contributed by atoms with van der Waals surface area (Å²) in [7, 11) is 0. The number of carbonyl (C=O) groups is 1. The molecule has 1 aliphatic rings. The van der Waals surface area contributed by atoms with Crippen LogP contribution in [0.5, 0.6) is 0 Å². The van der Waals surface area contributed by atoms with Crippen LogP contribution in [0.1, 0.15) is 32.3 Å². The monoisotopic (exact) mass is 396 g/mol. The Morgan fingerprint density at radius 3 is 2.28 bits per heavy atom. The summed E-state index contributed by atoms with van der Waals surface area (Å²) < 4.78 is 0. The Balaban J connectivity index is 1.63. The second-order valence-electron chi connectivity index (χ2n) is 7.68. The zero-order valence-electron chi connectivity index (χ0n) is 17.2. The van der Waals surface area contributed by atoms with Crippen LogP contribution in [-0.4, -0.2) is 48.0 Å². The molecular formula is C22H28N4O3. The number of hydrogen-bond donors (Lipinski definition) is 1. The molecule has 1 aliphatic heterocycles. The van der Waals surface area contributed by atoms with Gasteiger partial charge in [0.2, 0.25) is 5.91 Å². The molecule has 29 heavy (non-hydrogen) atoms. The summed E-state index contributed by atoms with van der Waals surface area (Å²) >= 11 is 0. The summed E-state index contributed by atoms with van der Waals surface area (Å²) in [6.07, 6.45) is 0. The number of nitrogens with zero attached hydrogens (tertiary/aromatic N) is 3. The topological polar surface area (TPSA) is 78.7 Å². The van der Waals surface area contributed by atoms with Gasteiger partial charge >= 0.3 is 0 Å². The molecule has 0 aliphatic carbocycles. The van der Waals surface area contributed by atoms with E-state index < -0.39 is 0 Å². The molecule has 0 radical (unpaired) electrons. The van der Waals surface area contributed by atoms with E-state index >= 15 is 0 Å². The van der Waals surface area contributed by atoms with Crippen molar-refractivity contribution in [1.29, 1.82) is 0 Å². The minimum atomic E-state index is -0.343. The van der Waals surface area contributed by atoms with Crippen molar-refractivity contribution in [2.75, 3.05) is 36.4 Å². The van der Waals surface area contributed by atoms with Crippen LogP contribution in [0.25, 0.3) is 0 Å². The molecule has 2 aromatic carbocycles. The fourth-order valence-electron chi connectivity index (χ4n) is 3.75. The fraction of sp³-hybridized carbons (Fsp3) is 0.409. The highest BCUT2D eigenvalue weighted by Crippen LogP contribution is 2.29. The van der Waals surface area contributed by atoms with Gasteiger partial charge in [0, 0.05) is 37.9 Å². The molecule has 2 aromatic rings. The van der Waals surface area contributed by atoms with E-state index in [-0.39, 0.29) is 22.6 Å². The van der Waals surface area contributed by atoms with Crippen LogP contribution in [0.3, 0.4) is 0 Å². The van der Waals surface area contributed by atoms with Crippen molar-refractivity contribution in [2.45, 2.75) is 32.7 Å². The lowest BCUT2D eigenvalue weighted by Crippen LogP contribution is -2.53. The van der Waals surface area contributed by atoms with Gasteiger partial charge in [-0.1, -0.05) is 44.2 Å². The highest BCUT2D eigenvalue weighted by molar-refractivity contribution is 5.95. The number of nitrogens with one attached hydrogen (secondary N) is 1. The number of amides is 1. The van der Waals surface area contributed by atoms with Crippen molar-refractivity contribution < 1.29 is 9.72 Å². The molecule has 1 unspecified atom stereocenters. The van der Waals surface area contributed by atoms with E-state index in [1.165, 1.54) is 6.07 Å². The van der Waals surface area contributed by atoms with Gasteiger partial charge < -0.3 is 10.2 Å². The van der Waals surface area contributed by atoms with Crippen LogP contribution in [0.15, 0.2) is 48.5 Å². The first-order chi connectivity index (χ1) is 13.9. The second kappa shape index (κ2) is 9.05. The molecular weight excluding hydrogens is 368 g/mol. The van der Waals surface area contributed by atoms with Gasteiger partial charge in [-0.25, -0.2) is 0 Å². The van der Waals surface area contributed by atoms with Crippen molar-refractivity contribution in [3.63, 3.8) is 0 Å². The Kier molecular flexibility index (Phi) is 6.49. The third kappa shape index (κ3) is 4.74. The van der Waals surface area contributed by atoms with Gasteiger partial charge in [0.25, 0.3) is 5.69 Å². The first-order valence-electron chi connectivity index (χ1n) is 10.0. The van der Waals surface area contributed by atoms with Gasteiger partial charge in [-0.15, -0.1) is 0 Å². The maximum atomic E-state index is 12.8. The lowest BCUT2D eigenvalue weighted by molar-refractivity contribution is -0.384. The zero-order valence-corrected chi connectivity index (χ0v) is 17.2. The standard InChI is InChI=1S/C22H28N4O3/c1-16(2)18-8-4-5-9-19(18)23-22(27)17(3)24-12-14-25(15-13-24)20-10-6-7-11-21(20)26(28)29/h4-11,16-17H,12-15H2,1-3H3,(H,23,27). The van der Waals surface area contributed by atoms with E-state index in [4.69, 9.17) is 0 Å². The Hall–Kier alpha value is -2.93. The van der Waals surface area contributed by atoms with E-state index in [1.54, 1.807) is 12.1 Å². The molecule has 1 fully saturated rings. The number of carbonyl (C=O) groups excluding carboxylic acids is 1. The van der Waals surface area contributed by atoms with Crippen LogP contribution in [0, 0.1) is 10.1 Å². The minimum absolute atomic E-state index is 0.0303. The quantitative estimate of drug-likeness (QED) is 0.592. The summed E-state index contributed by atoms with van der Waals surface area (Å²) in [4.78, 5) is 27.9. The molecule has 154 valence electrons. The second-order valence-corrected chi connectivity index (χ2v) is 7.68. The highest BCUT2D eigenvalue weighted by Gasteiger charge is 2.28.